The minimum absolute atomic E-state index is 0.147. The van der Waals surface area contributed by atoms with Crippen LogP contribution in [0.25, 0.3) is 0 Å². The van der Waals surface area contributed by atoms with Crippen molar-refractivity contribution < 1.29 is 9.32 Å². The predicted molar refractivity (Wildman–Crippen MR) is 74.2 cm³/mol. The number of rotatable bonds is 6. The van der Waals surface area contributed by atoms with Gasteiger partial charge >= 0.3 is 0 Å². The number of hydrogen-bond acceptors (Lipinski definition) is 5. The molecule has 2 rings (SSSR count). The third-order valence-electron chi connectivity index (χ3n) is 2.81. The Bertz CT molecular complexity index is 587. The zero-order valence-electron chi connectivity index (χ0n) is 11.7. The van der Waals surface area contributed by atoms with Crippen molar-refractivity contribution in [3.8, 4) is 0 Å². The molecule has 0 aromatic carbocycles. The highest BCUT2D eigenvalue weighted by Gasteiger charge is 2.12. The third kappa shape index (κ3) is 3.37. The predicted octanol–water partition coefficient (Wildman–Crippen LogP) is 1.14. The van der Waals surface area contributed by atoms with E-state index in [-0.39, 0.29) is 5.91 Å². The first-order chi connectivity index (χ1) is 9.60. The molecule has 2 aromatic heterocycles. The lowest BCUT2D eigenvalue weighted by molar-refractivity contribution is 0.0944. The second-order valence-corrected chi connectivity index (χ2v) is 4.59. The van der Waals surface area contributed by atoms with Crippen molar-refractivity contribution in [3.63, 3.8) is 0 Å². The number of nitrogens with one attached hydrogen (secondary N) is 1. The largest absolute Gasteiger partial charge is 0.397 e. The molecule has 0 saturated carbocycles. The molecule has 0 radical (unpaired) electrons. The van der Waals surface area contributed by atoms with Crippen LogP contribution in [0.15, 0.2) is 16.8 Å². The SMILES string of the molecule is CCCn1cc(N)cc1C(=O)NCCc1nc(C)no1. The number of carbonyl (C=O) groups is 1. The molecule has 0 saturated heterocycles. The third-order valence-corrected chi connectivity index (χ3v) is 2.81. The van der Waals surface area contributed by atoms with Gasteiger partial charge in [-0.3, -0.25) is 4.79 Å². The first kappa shape index (κ1) is 14.1. The summed E-state index contributed by atoms with van der Waals surface area (Å²) in [5.41, 5.74) is 6.90. The van der Waals surface area contributed by atoms with Crippen LogP contribution in [-0.4, -0.2) is 27.2 Å². The van der Waals surface area contributed by atoms with Crippen LogP contribution in [0.5, 0.6) is 0 Å². The quantitative estimate of drug-likeness (QED) is 0.825. The van der Waals surface area contributed by atoms with Crippen LogP contribution in [0.4, 0.5) is 5.69 Å². The average molecular weight is 277 g/mol. The van der Waals surface area contributed by atoms with Crippen LogP contribution < -0.4 is 11.1 Å². The summed E-state index contributed by atoms with van der Waals surface area (Å²) in [6.45, 7) is 5.02. The van der Waals surface area contributed by atoms with E-state index in [1.54, 1.807) is 19.2 Å². The van der Waals surface area contributed by atoms with E-state index in [1.807, 2.05) is 4.57 Å². The highest BCUT2D eigenvalue weighted by molar-refractivity contribution is 5.93. The zero-order chi connectivity index (χ0) is 14.5. The van der Waals surface area contributed by atoms with Crippen molar-refractivity contribution in [2.24, 2.45) is 0 Å². The highest BCUT2D eigenvalue weighted by atomic mass is 16.5. The molecule has 7 nitrogen and oxygen atoms in total. The average Bonchev–Trinajstić information content (AvgIpc) is 2.96. The second-order valence-electron chi connectivity index (χ2n) is 4.59. The molecule has 0 unspecified atom stereocenters. The summed E-state index contributed by atoms with van der Waals surface area (Å²) < 4.78 is 6.84. The van der Waals surface area contributed by atoms with Gasteiger partial charge in [-0.15, -0.1) is 0 Å². The van der Waals surface area contributed by atoms with E-state index in [0.29, 0.717) is 36.1 Å². The lowest BCUT2D eigenvalue weighted by Crippen LogP contribution is -2.27. The van der Waals surface area contributed by atoms with Gasteiger partial charge in [-0.05, 0) is 19.4 Å². The van der Waals surface area contributed by atoms with E-state index in [1.165, 1.54) is 0 Å². The van der Waals surface area contributed by atoms with Crippen LogP contribution in [0.1, 0.15) is 35.5 Å². The molecule has 2 heterocycles. The fourth-order valence-corrected chi connectivity index (χ4v) is 1.96. The number of anilines is 1. The maximum Gasteiger partial charge on any atom is 0.267 e. The normalized spacial score (nSPS) is 10.7. The number of hydrogen-bond donors (Lipinski definition) is 2. The van der Waals surface area contributed by atoms with Gasteiger partial charge in [-0.1, -0.05) is 12.1 Å². The van der Waals surface area contributed by atoms with Gasteiger partial charge in [0, 0.05) is 25.7 Å². The molecule has 0 aliphatic carbocycles. The minimum Gasteiger partial charge on any atom is -0.397 e. The Morgan fingerprint density at radius 3 is 3.00 bits per heavy atom. The zero-order valence-corrected chi connectivity index (χ0v) is 11.7. The summed E-state index contributed by atoms with van der Waals surface area (Å²) in [7, 11) is 0. The van der Waals surface area contributed by atoms with E-state index in [0.717, 1.165) is 13.0 Å². The molecule has 7 heteroatoms. The number of carbonyl (C=O) groups excluding carboxylic acids is 1. The molecule has 0 fully saturated rings. The van der Waals surface area contributed by atoms with Gasteiger partial charge in [0.2, 0.25) is 5.89 Å². The molecule has 3 N–H and O–H groups in total. The first-order valence-electron chi connectivity index (χ1n) is 6.63. The fraction of sp³-hybridized carbons (Fsp3) is 0.462. The van der Waals surface area contributed by atoms with Crippen molar-refractivity contribution in [2.45, 2.75) is 33.2 Å². The topological polar surface area (TPSA) is 99.0 Å². The van der Waals surface area contributed by atoms with E-state index in [2.05, 4.69) is 22.4 Å². The van der Waals surface area contributed by atoms with Crippen molar-refractivity contribution in [2.75, 3.05) is 12.3 Å². The van der Waals surface area contributed by atoms with E-state index >= 15 is 0 Å². The Balaban J connectivity index is 1.91. The maximum absolute atomic E-state index is 12.1. The molecule has 0 aliphatic rings. The minimum atomic E-state index is -0.147. The van der Waals surface area contributed by atoms with Gasteiger partial charge in [0.05, 0.1) is 5.69 Å². The summed E-state index contributed by atoms with van der Waals surface area (Å²) in [4.78, 5) is 16.2. The number of nitrogen functional groups attached to an aromatic ring is 1. The Kier molecular flexibility index (Phi) is 4.39. The summed E-state index contributed by atoms with van der Waals surface area (Å²) in [5, 5.41) is 6.52. The highest BCUT2D eigenvalue weighted by Crippen LogP contribution is 2.11. The van der Waals surface area contributed by atoms with Crippen molar-refractivity contribution >= 4 is 11.6 Å². The summed E-state index contributed by atoms with van der Waals surface area (Å²) in [6, 6.07) is 1.68. The monoisotopic (exact) mass is 277 g/mol. The molecule has 0 spiro atoms. The molecular weight excluding hydrogens is 258 g/mol. The van der Waals surface area contributed by atoms with Gasteiger partial charge in [-0.2, -0.15) is 4.98 Å². The number of amides is 1. The summed E-state index contributed by atoms with van der Waals surface area (Å²) in [5.74, 6) is 0.966. The number of nitrogens with two attached hydrogens (primary N) is 1. The smallest absolute Gasteiger partial charge is 0.267 e. The molecule has 20 heavy (non-hydrogen) atoms. The standard InChI is InChI=1S/C13H19N5O2/c1-3-6-18-8-10(14)7-11(18)13(19)15-5-4-12-16-9(2)17-20-12/h7-8H,3-6,14H2,1-2H3,(H,15,19). The first-order valence-corrected chi connectivity index (χ1v) is 6.63. The van der Waals surface area contributed by atoms with E-state index in [9.17, 15) is 4.79 Å². The lowest BCUT2D eigenvalue weighted by atomic mass is 10.3. The van der Waals surface area contributed by atoms with E-state index < -0.39 is 0 Å². The molecule has 0 aliphatic heterocycles. The Labute approximate surface area is 117 Å². The van der Waals surface area contributed by atoms with Crippen LogP contribution in [-0.2, 0) is 13.0 Å². The van der Waals surface area contributed by atoms with Crippen LogP contribution >= 0.6 is 0 Å². The number of nitrogens with zero attached hydrogens (tertiary/aromatic N) is 3. The Hall–Kier alpha value is -2.31. The number of aryl methyl sites for hydroxylation is 2. The summed E-state index contributed by atoms with van der Waals surface area (Å²) >= 11 is 0. The van der Waals surface area contributed by atoms with Crippen LogP contribution in [0.3, 0.4) is 0 Å². The molecule has 108 valence electrons. The van der Waals surface area contributed by atoms with Gasteiger partial charge in [-0.25, -0.2) is 0 Å². The fourth-order valence-electron chi connectivity index (χ4n) is 1.96. The summed E-state index contributed by atoms with van der Waals surface area (Å²) in [6.07, 6.45) is 3.23. The lowest BCUT2D eigenvalue weighted by Gasteiger charge is -2.07. The van der Waals surface area contributed by atoms with Gasteiger partial charge < -0.3 is 20.1 Å². The van der Waals surface area contributed by atoms with Crippen molar-refractivity contribution in [1.82, 2.24) is 20.0 Å². The van der Waals surface area contributed by atoms with Crippen molar-refractivity contribution in [3.05, 3.63) is 29.7 Å². The molecular formula is C13H19N5O2. The molecule has 2 aromatic rings. The Morgan fingerprint density at radius 2 is 2.35 bits per heavy atom. The van der Waals surface area contributed by atoms with Gasteiger partial charge in [0.1, 0.15) is 5.69 Å². The molecule has 0 atom stereocenters. The molecule has 1 amide bonds. The van der Waals surface area contributed by atoms with Gasteiger partial charge in [0.15, 0.2) is 5.82 Å². The maximum atomic E-state index is 12.1. The number of aromatic nitrogens is 3. The van der Waals surface area contributed by atoms with Crippen molar-refractivity contribution in [1.29, 1.82) is 0 Å². The van der Waals surface area contributed by atoms with Crippen LogP contribution in [0, 0.1) is 6.92 Å². The molecule has 0 bridgehead atoms. The van der Waals surface area contributed by atoms with Gasteiger partial charge in [0.25, 0.3) is 5.91 Å². The second kappa shape index (κ2) is 6.23. The van der Waals surface area contributed by atoms with Crippen LogP contribution in [0.2, 0.25) is 0 Å². The Morgan fingerprint density at radius 1 is 1.55 bits per heavy atom. The van der Waals surface area contributed by atoms with E-state index in [4.69, 9.17) is 10.3 Å².